The van der Waals surface area contributed by atoms with Crippen LogP contribution in [0, 0.1) is 5.92 Å². The lowest BCUT2D eigenvalue weighted by atomic mass is 9.80. The molecular weight excluding hydrogens is 266 g/mol. The molecule has 4 nitrogen and oxygen atoms in total. The molecule has 2 unspecified atom stereocenters. The van der Waals surface area contributed by atoms with Crippen molar-refractivity contribution < 1.29 is 14.7 Å². The maximum absolute atomic E-state index is 12.5. The molecule has 1 saturated carbocycles. The van der Waals surface area contributed by atoms with Gasteiger partial charge >= 0.3 is 5.97 Å². The number of nitrogens with zero attached hydrogens (tertiary/aromatic N) is 1. The predicted octanol–water partition coefficient (Wildman–Crippen LogP) is 2.89. The van der Waals surface area contributed by atoms with Gasteiger partial charge in [-0.3, -0.25) is 9.59 Å². The van der Waals surface area contributed by atoms with Gasteiger partial charge in [0.1, 0.15) is 0 Å². The van der Waals surface area contributed by atoms with Crippen LogP contribution < -0.4 is 0 Å². The third-order valence-electron chi connectivity index (χ3n) is 5.07. The monoisotopic (exact) mass is 287 g/mol. The predicted molar refractivity (Wildman–Crippen MR) is 79.3 cm³/mol. The minimum atomic E-state index is -0.807. The zero-order chi connectivity index (χ0) is 15.0. The van der Waals surface area contributed by atoms with Crippen LogP contribution >= 0.6 is 0 Å². The molecule has 0 radical (unpaired) electrons. The molecule has 2 atom stereocenters. The average Bonchev–Trinajstić information content (AvgIpc) is 2.79. The van der Waals surface area contributed by atoms with Crippen LogP contribution in [0.4, 0.5) is 0 Å². The zero-order valence-electron chi connectivity index (χ0n) is 12.3. The van der Waals surface area contributed by atoms with Crippen LogP contribution in [0.1, 0.15) is 54.4 Å². The molecule has 21 heavy (non-hydrogen) atoms. The number of benzene rings is 1. The Morgan fingerprint density at radius 2 is 1.81 bits per heavy atom. The van der Waals surface area contributed by atoms with Gasteiger partial charge in [0.2, 0.25) is 0 Å². The topological polar surface area (TPSA) is 57.6 Å². The molecule has 2 aliphatic rings. The first-order chi connectivity index (χ1) is 10.1. The summed E-state index contributed by atoms with van der Waals surface area (Å²) in [5.41, 5.74) is 1.98. The van der Waals surface area contributed by atoms with Crippen molar-refractivity contribution in [2.45, 2.75) is 44.6 Å². The second-order valence-corrected chi connectivity index (χ2v) is 6.22. The van der Waals surface area contributed by atoms with E-state index in [-0.39, 0.29) is 11.9 Å². The Balaban J connectivity index is 1.71. The van der Waals surface area contributed by atoms with E-state index in [1.807, 2.05) is 31.2 Å². The first-order valence-corrected chi connectivity index (χ1v) is 7.71. The molecule has 1 aromatic rings. The number of rotatable bonds is 3. The zero-order valence-corrected chi connectivity index (χ0v) is 12.3. The SMILES string of the molecule is CC1C(C(=O)O)CCN1C(=O)c1ccc(C2CCC2)cc1. The fraction of sp³-hybridized carbons (Fsp3) is 0.529. The van der Waals surface area contributed by atoms with E-state index in [2.05, 4.69) is 0 Å². The number of carbonyl (C=O) groups is 2. The number of aliphatic carboxylic acids is 1. The fourth-order valence-corrected chi connectivity index (χ4v) is 3.36. The first-order valence-electron chi connectivity index (χ1n) is 7.71. The van der Waals surface area contributed by atoms with E-state index in [1.54, 1.807) is 4.90 Å². The summed E-state index contributed by atoms with van der Waals surface area (Å²) in [6.45, 7) is 2.35. The van der Waals surface area contributed by atoms with Crippen LogP contribution in [-0.2, 0) is 4.79 Å². The molecule has 1 N–H and O–H groups in total. The van der Waals surface area contributed by atoms with E-state index in [0.29, 0.717) is 24.4 Å². The highest BCUT2D eigenvalue weighted by molar-refractivity contribution is 5.95. The van der Waals surface area contributed by atoms with E-state index in [9.17, 15) is 9.59 Å². The van der Waals surface area contributed by atoms with Gasteiger partial charge in [0.05, 0.1) is 5.92 Å². The Bertz CT molecular complexity index is 548. The van der Waals surface area contributed by atoms with Crippen LogP contribution in [0.2, 0.25) is 0 Å². The average molecular weight is 287 g/mol. The molecule has 3 rings (SSSR count). The van der Waals surface area contributed by atoms with E-state index in [0.717, 1.165) is 0 Å². The highest BCUT2D eigenvalue weighted by atomic mass is 16.4. The number of hydrogen-bond acceptors (Lipinski definition) is 2. The quantitative estimate of drug-likeness (QED) is 0.930. The second-order valence-electron chi connectivity index (χ2n) is 6.22. The highest BCUT2D eigenvalue weighted by Crippen LogP contribution is 2.36. The Kier molecular flexibility index (Phi) is 3.70. The van der Waals surface area contributed by atoms with E-state index >= 15 is 0 Å². The lowest BCUT2D eigenvalue weighted by Gasteiger charge is -2.26. The summed E-state index contributed by atoms with van der Waals surface area (Å²) >= 11 is 0. The Labute approximate surface area is 124 Å². The summed E-state index contributed by atoms with van der Waals surface area (Å²) in [5, 5.41) is 9.15. The lowest BCUT2D eigenvalue weighted by Crippen LogP contribution is -2.37. The van der Waals surface area contributed by atoms with Crippen molar-refractivity contribution in [1.82, 2.24) is 4.90 Å². The number of hydrogen-bond donors (Lipinski definition) is 1. The number of carboxylic acids is 1. The molecule has 1 aliphatic carbocycles. The largest absolute Gasteiger partial charge is 0.481 e. The molecule has 1 heterocycles. The van der Waals surface area contributed by atoms with Crippen LogP contribution in [0.25, 0.3) is 0 Å². The van der Waals surface area contributed by atoms with Crippen LogP contribution in [-0.4, -0.2) is 34.5 Å². The molecule has 0 spiro atoms. The molecule has 1 saturated heterocycles. The number of amides is 1. The van der Waals surface area contributed by atoms with Gasteiger partial charge in [0.25, 0.3) is 5.91 Å². The lowest BCUT2D eigenvalue weighted by molar-refractivity contribution is -0.142. The van der Waals surface area contributed by atoms with Gasteiger partial charge in [-0.2, -0.15) is 0 Å². The smallest absolute Gasteiger partial charge is 0.308 e. The minimum Gasteiger partial charge on any atom is -0.481 e. The molecule has 0 bridgehead atoms. The van der Waals surface area contributed by atoms with Gasteiger partial charge in [-0.25, -0.2) is 0 Å². The molecule has 1 aromatic carbocycles. The molecule has 2 fully saturated rings. The first kappa shape index (κ1) is 14.1. The van der Waals surface area contributed by atoms with Crippen molar-refractivity contribution in [2.75, 3.05) is 6.54 Å². The van der Waals surface area contributed by atoms with Crippen molar-refractivity contribution in [2.24, 2.45) is 5.92 Å². The number of carboxylic acid groups (broad SMARTS) is 1. The standard InChI is InChI=1S/C17H21NO3/c1-11-15(17(20)21)9-10-18(11)16(19)14-7-5-13(6-8-14)12-3-2-4-12/h5-8,11-12,15H,2-4,9-10H2,1H3,(H,20,21). The van der Waals surface area contributed by atoms with E-state index in [1.165, 1.54) is 24.8 Å². The Morgan fingerprint density at radius 3 is 2.29 bits per heavy atom. The summed E-state index contributed by atoms with van der Waals surface area (Å²) in [6, 6.07) is 7.63. The van der Waals surface area contributed by atoms with Crippen LogP contribution in [0.3, 0.4) is 0 Å². The summed E-state index contributed by atoms with van der Waals surface area (Å²) in [5.74, 6) is -0.635. The molecule has 4 heteroatoms. The maximum Gasteiger partial charge on any atom is 0.308 e. The summed E-state index contributed by atoms with van der Waals surface area (Å²) < 4.78 is 0. The summed E-state index contributed by atoms with van der Waals surface area (Å²) in [4.78, 5) is 25.4. The molecule has 0 aromatic heterocycles. The summed E-state index contributed by atoms with van der Waals surface area (Å²) in [6.07, 6.45) is 4.34. The van der Waals surface area contributed by atoms with Crippen LogP contribution in [0.5, 0.6) is 0 Å². The van der Waals surface area contributed by atoms with E-state index < -0.39 is 11.9 Å². The fourth-order valence-electron chi connectivity index (χ4n) is 3.36. The van der Waals surface area contributed by atoms with Crippen molar-refractivity contribution in [1.29, 1.82) is 0 Å². The van der Waals surface area contributed by atoms with E-state index in [4.69, 9.17) is 5.11 Å². The van der Waals surface area contributed by atoms with Gasteiger partial charge in [-0.15, -0.1) is 0 Å². The highest BCUT2D eigenvalue weighted by Gasteiger charge is 2.38. The number of carbonyl (C=O) groups excluding carboxylic acids is 1. The van der Waals surface area contributed by atoms with Gasteiger partial charge in [0, 0.05) is 18.2 Å². The third-order valence-corrected chi connectivity index (χ3v) is 5.07. The Hall–Kier alpha value is -1.84. The van der Waals surface area contributed by atoms with Gasteiger partial charge in [-0.05, 0) is 49.8 Å². The third kappa shape index (κ3) is 2.55. The van der Waals surface area contributed by atoms with Gasteiger partial charge < -0.3 is 10.0 Å². The summed E-state index contributed by atoms with van der Waals surface area (Å²) in [7, 11) is 0. The Morgan fingerprint density at radius 1 is 1.14 bits per heavy atom. The molecule has 1 amide bonds. The minimum absolute atomic E-state index is 0.0496. The molecule has 1 aliphatic heterocycles. The molecule has 112 valence electrons. The normalized spacial score (nSPS) is 25.7. The second kappa shape index (κ2) is 5.51. The number of likely N-dealkylation sites (tertiary alicyclic amines) is 1. The van der Waals surface area contributed by atoms with Crippen molar-refractivity contribution in [3.63, 3.8) is 0 Å². The van der Waals surface area contributed by atoms with Crippen molar-refractivity contribution >= 4 is 11.9 Å². The van der Waals surface area contributed by atoms with Gasteiger partial charge in [0.15, 0.2) is 0 Å². The van der Waals surface area contributed by atoms with Gasteiger partial charge in [-0.1, -0.05) is 18.6 Å². The van der Waals surface area contributed by atoms with Crippen LogP contribution in [0.15, 0.2) is 24.3 Å². The maximum atomic E-state index is 12.5. The van der Waals surface area contributed by atoms with Crippen molar-refractivity contribution in [3.05, 3.63) is 35.4 Å². The molecular formula is C17H21NO3. The van der Waals surface area contributed by atoms with Crippen molar-refractivity contribution in [3.8, 4) is 0 Å².